The molecule has 0 spiro atoms. The van der Waals surface area contributed by atoms with Gasteiger partial charge in [-0.25, -0.2) is 13.1 Å². The smallest absolute Gasteiger partial charge is 0.220 e. The molecule has 1 aromatic carbocycles. The number of carbonyl (C=O) groups is 1. The van der Waals surface area contributed by atoms with Gasteiger partial charge in [0.05, 0.1) is 29.4 Å². The van der Waals surface area contributed by atoms with Crippen molar-refractivity contribution in [2.75, 3.05) is 11.5 Å². The van der Waals surface area contributed by atoms with Gasteiger partial charge in [0.1, 0.15) is 0 Å². The first kappa shape index (κ1) is 17.3. The molecule has 1 fully saturated rings. The van der Waals surface area contributed by atoms with E-state index >= 15 is 0 Å². The van der Waals surface area contributed by atoms with Crippen molar-refractivity contribution in [2.24, 2.45) is 5.92 Å². The molecule has 1 saturated heterocycles. The molecule has 26 heavy (non-hydrogen) atoms. The van der Waals surface area contributed by atoms with E-state index in [2.05, 4.69) is 5.32 Å². The van der Waals surface area contributed by atoms with Crippen LogP contribution >= 0.6 is 0 Å². The number of hydrogen-bond donors (Lipinski definition) is 1. The summed E-state index contributed by atoms with van der Waals surface area (Å²) in [6.45, 7) is 0.403. The number of carbonyl (C=O) groups excluding carboxylic acids is 1. The second kappa shape index (κ2) is 6.87. The fraction of sp³-hybridized carbons (Fsp3) is 0.474. The van der Waals surface area contributed by atoms with Crippen molar-refractivity contribution in [3.8, 4) is 5.69 Å². The van der Waals surface area contributed by atoms with E-state index in [1.54, 1.807) is 0 Å². The van der Waals surface area contributed by atoms with Gasteiger partial charge in [-0.15, -0.1) is 0 Å². The third kappa shape index (κ3) is 3.53. The molecule has 2 heterocycles. The molecule has 7 heteroatoms. The first-order chi connectivity index (χ1) is 12.5. The number of hydrogen-bond acceptors (Lipinski definition) is 4. The van der Waals surface area contributed by atoms with E-state index in [-0.39, 0.29) is 29.8 Å². The minimum Gasteiger partial charge on any atom is -0.350 e. The van der Waals surface area contributed by atoms with Gasteiger partial charge in [-0.2, -0.15) is 5.10 Å². The standard InChI is InChI=1S/C19H23N3O3S/c23-19(11-14-9-10-26(24,25)13-14)20-12-17-16-7-4-8-18(16)22(21-17)15-5-2-1-3-6-15/h1-3,5-6,14H,4,7-13H2,(H,20,23)/t14-/m0/s1. The number of aromatic nitrogens is 2. The van der Waals surface area contributed by atoms with E-state index in [1.165, 1.54) is 11.3 Å². The highest BCUT2D eigenvalue weighted by Gasteiger charge is 2.29. The number of nitrogens with one attached hydrogen (secondary N) is 1. The SMILES string of the molecule is O=C(C[C@@H]1CCS(=O)(=O)C1)NCc1nn(-c2ccccc2)c2c1CCC2. The van der Waals surface area contributed by atoms with Crippen LogP contribution in [0.1, 0.15) is 36.2 Å². The Labute approximate surface area is 153 Å². The van der Waals surface area contributed by atoms with Gasteiger partial charge in [0.15, 0.2) is 9.84 Å². The van der Waals surface area contributed by atoms with Crippen molar-refractivity contribution in [3.63, 3.8) is 0 Å². The van der Waals surface area contributed by atoms with Crippen LogP contribution in [-0.4, -0.2) is 35.6 Å². The minimum absolute atomic E-state index is 0.0485. The molecule has 1 amide bonds. The molecular weight excluding hydrogens is 350 g/mol. The predicted molar refractivity (Wildman–Crippen MR) is 98.8 cm³/mol. The minimum atomic E-state index is -2.94. The summed E-state index contributed by atoms with van der Waals surface area (Å²) < 4.78 is 25.0. The Morgan fingerprint density at radius 2 is 2.04 bits per heavy atom. The molecule has 6 nitrogen and oxygen atoms in total. The Hall–Kier alpha value is -2.15. The van der Waals surface area contributed by atoms with Gasteiger partial charge in [0.2, 0.25) is 5.91 Å². The van der Waals surface area contributed by atoms with Crippen LogP contribution in [0.4, 0.5) is 0 Å². The summed E-state index contributed by atoms with van der Waals surface area (Å²) in [5.41, 5.74) is 4.45. The fourth-order valence-corrected chi connectivity index (χ4v) is 5.85. The highest BCUT2D eigenvalue weighted by Crippen LogP contribution is 2.28. The largest absolute Gasteiger partial charge is 0.350 e. The van der Waals surface area contributed by atoms with Crippen molar-refractivity contribution < 1.29 is 13.2 Å². The molecule has 138 valence electrons. The number of nitrogens with zero attached hydrogens (tertiary/aromatic N) is 2. The van der Waals surface area contributed by atoms with Crippen LogP contribution in [-0.2, 0) is 34.0 Å². The molecule has 2 aliphatic rings. The molecule has 0 unspecified atom stereocenters. The summed E-state index contributed by atoms with van der Waals surface area (Å²) in [6.07, 6.45) is 3.98. The first-order valence-electron chi connectivity index (χ1n) is 9.14. The van der Waals surface area contributed by atoms with Crippen molar-refractivity contribution in [1.29, 1.82) is 0 Å². The average Bonchev–Trinajstić information content (AvgIpc) is 3.29. The Morgan fingerprint density at radius 3 is 2.77 bits per heavy atom. The van der Waals surface area contributed by atoms with Crippen LogP contribution in [0.5, 0.6) is 0 Å². The topological polar surface area (TPSA) is 81.1 Å². The Morgan fingerprint density at radius 1 is 1.23 bits per heavy atom. The summed E-state index contributed by atoms with van der Waals surface area (Å²) in [6, 6.07) is 10.0. The molecular formula is C19H23N3O3S. The lowest BCUT2D eigenvalue weighted by Crippen LogP contribution is -2.26. The quantitative estimate of drug-likeness (QED) is 0.867. The molecule has 1 aromatic heterocycles. The van der Waals surface area contributed by atoms with Crippen LogP contribution in [0.25, 0.3) is 5.69 Å². The maximum atomic E-state index is 12.2. The first-order valence-corrected chi connectivity index (χ1v) is 11.0. The molecule has 0 saturated carbocycles. The monoisotopic (exact) mass is 373 g/mol. The number of benzene rings is 1. The van der Waals surface area contributed by atoms with Gasteiger partial charge in [-0.1, -0.05) is 18.2 Å². The lowest BCUT2D eigenvalue weighted by atomic mass is 10.1. The van der Waals surface area contributed by atoms with E-state index in [0.29, 0.717) is 13.0 Å². The number of fused-ring (bicyclic) bond motifs is 1. The van der Waals surface area contributed by atoms with Gasteiger partial charge >= 0.3 is 0 Å². The van der Waals surface area contributed by atoms with Gasteiger partial charge in [-0.05, 0) is 49.3 Å². The number of amides is 1. The number of rotatable bonds is 5. The summed E-state index contributed by atoms with van der Waals surface area (Å²) >= 11 is 0. The lowest BCUT2D eigenvalue weighted by Gasteiger charge is -2.08. The van der Waals surface area contributed by atoms with Gasteiger partial charge in [0, 0.05) is 12.1 Å². The van der Waals surface area contributed by atoms with Crippen LogP contribution in [0.15, 0.2) is 30.3 Å². The number of para-hydroxylation sites is 1. The lowest BCUT2D eigenvalue weighted by molar-refractivity contribution is -0.122. The molecule has 1 N–H and O–H groups in total. The van der Waals surface area contributed by atoms with Crippen LogP contribution in [0.3, 0.4) is 0 Å². The third-order valence-electron chi connectivity index (χ3n) is 5.27. The van der Waals surface area contributed by atoms with E-state index in [0.717, 1.165) is 30.6 Å². The normalized spacial score (nSPS) is 20.8. The van der Waals surface area contributed by atoms with E-state index < -0.39 is 9.84 Å². The average molecular weight is 373 g/mol. The molecule has 0 radical (unpaired) electrons. The zero-order valence-electron chi connectivity index (χ0n) is 14.6. The third-order valence-corrected chi connectivity index (χ3v) is 7.10. The van der Waals surface area contributed by atoms with Crippen LogP contribution in [0.2, 0.25) is 0 Å². The summed E-state index contributed by atoms with van der Waals surface area (Å²) in [4.78, 5) is 12.2. The van der Waals surface area contributed by atoms with E-state index in [4.69, 9.17) is 5.10 Å². The molecule has 1 aliphatic heterocycles. The fourth-order valence-electron chi connectivity index (χ4n) is 3.99. The Balaban J connectivity index is 1.43. The van der Waals surface area contributed by atoms with E-state index in [9.17, 15) is 13.2 Å². The zero-order valence-corrected chi connectivity index (χ0v) is 15.5. The van der Waals surface area contributed by atoms with E-state index in [1.807, 2.05) is 35.0 Å². The van der Waals surface area contributed by atoms with Crippen molar-refractivity contribution in [1.82, 2.24) is 15.1 Å². The molecule has 4 rings (SSSR count). The summed E-state index contributed by atoms with van der Waals surface area (Å²) in [5.74, 6) is 0.207. The maximum absolute atomic E-state index is 12.2. The van der Waals surface area contributed by atoms with Crippen molar-refractivity contribution >= 4 is 15.7 Å². The Kier molecular flexibility index (Phi) is 4.56. The second-order valence-corrected chi connectivity index (χ2v) is 9.45. The summed E-state index contributed by atoms with van der Waals surface area (Å²) in [5, 5.41) is 7.67. The van der Waals surface area contributed by atoms with Crippen LogP contribution in [0, 0.1) is 5.92 Å². The highest BCUT2D eigenvalue weighted by atomic mass is 32.2. The summed E-state index contributed by atoms with van der Waals surface area (Å²) in [7, 11) is -2.94. The van der Waals surface area contributed by atoms with Crippen LogP contribution < -0.4 is 5.32 Å². The van der Waals surface area contributed by atoms with Crippen molar-refractivity contribution in [2.45, 2.75) is 38.6 Å². The zero-order chi connectivity index (χ0) is 18.1. The van der Waals surface area contributed by atoms with Gasteiger partial charge in [-0.3, -0.25) is 4.79 Å². The number of sulfone groups is 1. The molecule has 1 atom stereocenters. The molecule has 0 bridgehead atoms. The Bertz CT molecular complexity index is 919. The van der Waals surface area contributed by atoms with Gasteiger partial charge < -0.3 is 5.32 Å². The van der Waals surface area contributed by atoms with Crippen molar-refractivity contribution in [3.05, 3.63) is 47.3 Å². The molecule has 1 aliphatic carbocycles. The highest BCUT2D eigenvalue weighted by molar-refractivity contribution is 7.91. The molecule has 2 aromatic rings. The second-order valence-electron chi connectivity index (χ2n) is 7.22. The maximum Gasteiger partial charge on any atom is 0.220 e. The predicted octanol–water partition coefficient (Wildman–Crippen LogP) is 1.80. The van der Waals surface area contributed by atoms with Gasteiger partial charge in [0.25, 0.3) is 0 Å².